The van der Waals surface area contributed by atoms with Crippen LogP contribution < -0.4 is 19.5 Å². The number of aromatic nitrogens is 1. The molecule has 0 saturated carbocycles. The second kappa shape index (κ2) is 17.6. The Kier molecular flexibility index (Phi) is 13.2. The van der Waals surface area contributed by atoms with E-state index in [1.807, 2.05) is 49.4 Å². The number of piperidine rings is 3. The number of hydrogen-bond acceptors (Lipinski definition) is 10. The summed E-state index contributed by atoms with van der Waals surface area (Å²) in [7, 11) is 3.06. The molecule has 0 aliphatic carbocycles. The number of carbonyl (C=O) groups is 3. The van der Waals surface area contributed by atoms with Gasteiger partial charge in [0.15, 0.2) is 23.9 Å². The smallest absolute Gasteiger partial charge is 0.346 e. The van der Waals surface area contributed by atoms with Gasteiger partial charge in [-0.1, -0.05) is 59.6 Å². The fourth-order valence-corrected chi connectivity index (χ4v) is 8.60. The van der Waals surface area contributed by atoms with E-state index in [2.05, 4.69) is 10.2 Å². The Bertz CT molecular complexity index is 1900. The molecule has 1 unspecified atom stereocenters. The van der Waals surface area contributed by atoms with Gasteiger partial charge in [-0.15, -0.1) is 11.3 Å². The van der Waals surface area contributed by atoms with Crippen molar-refractivity contribution in [3.8, 4) is 11.5 Å². The van der Waals surface area contributed by atoms with E-state index in [-0.39, 0.29) is 46.4 Å². The van der Waals surface area contributed by atoms with E-state index in [4.69, 9.17) is 47.3 Å². The second-order valence-corrected chi connectivity index (χ2v) is 14.9. The van der Waals surface area contributed by atoms with Crippen molar-refractivity contribution >= 4 is 52.9 Å². The number of ether oxygens (including phenoxy) is 3. The molecule has 0 radical (unpaired) electrons. The summed E-state index contributed by atoms with van der Waals surface area (Å²) >= 11 is 14.2. The number of pyridine rings is 1. The molecular weight excluding hydrogens is 745 g/mol. The van der Waals surface area contributed by atoms with Gasteiger partial charge in [0.1, 0.15) is 26.6 Å². The monoisotopic (exact) mass is 785 g/mol. The van der Waals surface area contributed by atoms with Crippen LogP contribution in [0.2, 0.25) is 10.0 Å². The molecule has 53 heavy (non-hydrogen) atoms. The van der Waals surface area contributed by atoms with Crippen molar-refractivity contribution in [1.29, 1.82) is 0 Å². The first-order valence-corrected chi connectivity index (χ1v) is 18.5. The Hall–Kier alpha value is -4.40. The van der Waals surface area contributed by atoms with Crippen LogP contribution in [0.5, 0.6) is 11.5 Å². The number of nitrogens with one attached hydrogen (secondary N) is 1. The summed E-state index contributed by atoms with van der Waals surface area (Å²) in [5.41, 5.74) is 1.28. The molecule has 3 aliphatic rings. The maximum atomic E-state index is 14.0. The fourth-order valence-electron chi connectivity index (χ4n) is 7.01. The Morgan fingerprint density at radius 3 is 2.28 bits per heavy atom. The van der Waals surface area contributed by atoms with Crippen LogP contribution in [0.3, 0.4) is 0 Å². The normalized spacial score (nSPS) is 19.2. The molecule has 0 amide bonds. The third-order valence-corrected chi connectivity index (χ3v) is 11.7. The average molecular weight is 787 g/mol. The summed E-state index contributed by atoms with van der Waals surface area (Å²) in [5.74, 6) is -0.711. The molecule has 15 heteroatoms. The quantitative estimate of drug-likeness (QED) is 0.0620. The second-order valence-electron chi connectivity index (χ2n) is 13.0. The molecule has 3 N–H and O–H groups in total. The zero-order valence-corrected chi connectivity index (χ0v) is 31.7. The number of carbonyl (C=O) groups excluding carboxylic acids is 1. The molecule has 0 spiro atoms. The van der Waals surface area contributed by atoms with Crippen LogP contribution in [-0.4, -0.2) is 73.5 Å². The number of fused-ring (bicyclic) bond motifs is 3. The van der Waals surface area contributed by atoms with E-state index in [9.17, 15) is 19.9 Å². The maximum absolute atomic E-state index is 14.0. The number of carboxylic acids is 1. The highest BCUT2D eigenvalue weighted by Gasteiger charge is 2.42. The lowest BCUT2D eigenvalue weighted by Crippen LogP contribution is -2.55. The van der Waals surface area contributed by atoms with E-state index in [1.54, 1.807) is 12.1 Å². The highest BCUT2D eigenvalue weighted by atomic mass is 35.5. The lowest BCUT2D eigenvalue weighted by atomic mass is 9.85. The molecule has 2 aromatic carbocycles. The molecule has 3 atom stereocenters. The van der Waals surface area contributed by atoms with Gasteiger partial charge in [-0.2, -0.15) is 4.73 Å². The molecule has 7 rings (SSSR count). The summed E-state index contributed by atoms with van der Waals surface area (Å²) in [5, 5.41) is 33.2. The van der Waals surface area contributed by atoms with Crippen LogP contribution in [-0.2, 0) is 32.8 Å². The number of methoxy groups -OCH3 is 2. The van der Waals surface area contributed by atoms with Crippen molar-refractivity contribution in [3.05, 3.63) is 114 Å². The number of benzene rings is 2. The van der Waals surface area contributed by atoms with Crippen LogP contribution >= 0.6 is 34.5 Å². The summed E-state index contributed by atoms with van der Waals surface area (Å²) in [6.07, 6.45) is 4.48. The van der Waals surface area contributed by atoms with Crippen molar-refractivity contribution in [3.63, 3.8) is 0 Å². The Morgan fingerprint density at radius 1 is 1.08 bits per heavy atom. The van der Waals surface area contributed by atoms with E-state index < -0.39 is 17.4 Å². The number of thiophene rings is 1. The molecule has 3 fully saturated rings. The summed E-state index contributed by atoms with van der Waals surface area (Å²) in [4.78, 5) is 38.4. The minimum atomic E-state index is -1.21. The number of carboxylic acid groups (broad SMARTS) is 2. The highest BCUT2D eigenvalue weighted by molar-refractivity contribution is 7.14. The van der Waals surface area contributed by atoms with E-state index in [0.717, 1.165) is 54.9 Å². The van der Waals surface area contributed by atoms with Crippen molar-refractivity contribution < 1.29 is 43.5 Å². The SMILES string of the molecule is COc1ccc([C@H](Cc2c(Cl)c[n+]([O-])cc2Cl)c2cc(CNC(C)(C(=O)O[C@H]3CN4CCC3CC4)c3ccccc3)sc2C(=O)O)cc1OC.O=CO. The maximum Gasteiger partial charge on any atom is 0.346 e. The lowest BCUT2D eigenvalue weighted by Gasteiger charge is -2.45. The number of hydrogen-bond donors (Lipinski definition) is 3. The zero-order chi connectivity index (χ0) is 38.3. The molecule has 3 saturated heterocycles. The standard InChI is InChI=1S/C37H39Cl2N3O7S.CH2O2/c1-37(24-7-5-4-6-8-24,36(45)49-33-21-41-13-11-22(33)12-14-41)40-18-25-16-27(34(50-25)35(43)44)26(17-28-29(38)19-42(46)20-30(28)39)23-9-10-31(47-2)32(15-23)48-3;2-1-3/h4-10,15-16,19-20,22,26,33,40H,11-14,17-18,21H2,1-3H3,(H,43,44);1H,(H,2,3)/t26-,33-,37?;/m0./s1. The number of halogens is 2. The Morgan fingerprint density at radius 2 is 1.72 bits per heavy atom. The summed E-state index contributed by atoms with van der Waals surface area (Å²) in [6, 6.07) is 16.6. The minimum absolute atomic E-state index is 0.125. The van der Waals surface area contributed by atoms with Gasteiger partial charge in [0, 0.05) is 29.4 Å². The van der Waals surface area contributed by atoms with Crippen LogP contribution in [0.25, 0.3) is 0 Å². The molecular formula is C38H41Cl2N3O9S. The van der Waals surface area contributed by atoms with E-state index >= 15 is 0 Å². The highest BCUT2D eigenvalue weighted by Crippen LogP contribution is 2.41. The summed E-state index contributed by atoms with van der Waals surface area (Å²) in [6.45, 7) is 4.55. The molecule has 2 bridgehead atoms. The molecule has 12 nitrogen and oxygen atoms in total. The van der Waals surface area contributed by atoms with Crippen molar-refractivity contribution in [2.45, 2.75) is 50.3 Å². The third-order valence-electron chi connectivity index (χ3n) is 9.89. The molecule has 282 valence electrons. The molecule has 5 heterocycles. The molecule has 4 aromatic rings. The Balaban J connectivity index is 0.00000175. The number of nitrogens with zero attached hydrogens (tertiary/aromatic N) is 2. The van der Waals surface area contributed by atoms with Gasteiger partial charge < -0.3 is 29.6 Å². The largest absolute Gasteiger partial charge is 0.619 e. The topological polar surface area (TPSA) is 162 Å². The third kappa shape index (κ3) is 9.05. The number of rotatable bonds is 13. The van der Waals surface area contributed by atoms with Crippen LogP contribution in [0.15, 0.2) is 67.0 Å². The van der Waals surface area contributed by atoms with Crippen molar-refractivity contribution in [2.24, 2.45) is 5.92 Å². The van der Waals surface area contributed by atoms with Gasteiger partial charge >= 0.3 is 11.9 Å². The van der Waals surface area contributed by atoms with Gasteiger partial charge in [-0.25, -0.2) is 9.59 Å². The molecule has 3 aliphatic heterocycles. The van der Waals surface area contributed by atoms with Gasteiger partial charge in [0.05, 0.1) is 14.2 Å². The lowest BCUT2D eigenvalue weighted by molar-refractivity contribution is -0.605. The van der Waals surface area contributed by atoms with Crippen LogP contribution in [0, 0.1) is 11.1 Å². The average Bonchev–Trinajstić information content (AvgIpc) is 3.59. The summed E-state index contributed by atoms with van der Waals surface area (Å²) < 4.78 is 17.8. The van der Waals surface area contributed by atoms with Gasteiger partial charge in [-0.05, 0) is 80.1 Å². The number of esters is 1. The predicted molar refractivity (Wildman–Crippen MR) is 200 cm³/mol. The first-order valence-electron chi connectivity index (χ1n) is 16.9. The zero-order valence-electron chi connectivity index (χ0n) is 29.4. The van der Waals surface area contributed by atoms with Crippen LogP contribution in [0.1, 0.15) is 62.5 Å². The Labute approximate surface area is 321 Å². The van der Waals surface area contributed by atoms with E-state index in [1.165, 1.54) is 26.6 Å². The van der Waals surface area contributed by atoms with Crippen LogP contribution in [0.4, 0.5) is 0 Å². The first-order chi connectivity index (χ1) is 25.4. The van der Waals surface area contributed by atoms with Crippen molar-refractivity contribution in [1.82, 2.24) is 10.2 Å². The number of aromatic carboxylic acids is 1. The van der Waals surface area contributed by atoms with E-state index in [0.29, 0.717) is 38.2 Å². The van der Waals surface area contributed by atoms with Crippen molar-refractivity contribution in [2.75, 3.05) is 33.9 Å². The molecule has 2 aromatic heterocycles. The van der Waals surface area contributed by atoms with Gasteiger partial charge in [0.2, 0.25) is 0 Å². The fraction of sp³-hybridized carbons (Fsp3) is 0.368. The predicted octanol–water partition coefficient (Wildman–Crippen LogP) is 6.12. The van der Waals surface area contributed by atoms with Gasteiger partial charge in [0.25, 0.3) is 6.47 Å². The first kappa shape index (κ1) is 39.8. The minimum Gasteiger partial charge on any atom is -0.619 e. The van der Waals surface area contributed by atoms with Gasteiger partial charge in [-0.3, -0.25) is 15.0 Å².